The minimum absolute atomic E-state index is 0.885. The summed E-state index contributed by atoms with van der Waals surface area (Å²) >= 11 is 0. The predicted molar refractivity (Wildman–Crippen MR) is 85.3 cm³/mol. The lowest BCUT2D eigenvalue weighted by Crippen LogP contribution is -2.37. The summed E-state index contributed by atoms with van der Waals surface area (Å²) in [6.07, 6.45) is 3.08. The number of ether oxygens (including phenoxy) is 1. The number of nitrogens with zero attached hydrogens (tertiary/aromatic N) is 2. The van der Waals surface area contributed by atoms with Gasteiger partial charge in [-0.1, -0.05) is 18.2 Å². The van der Waals surface area contributed by atoms with Gasteiger partial charge in [0.25, 0.3) is 0 Å². The molecule has 4 heteroatoms. The van der Waals surface area contributed by atoms with Crippen LogP contribution in [0.1, 0.15) is 12.0 Å². The van der Waals surface area contributed by atoms with Crippen LogP contribution in [0.2, 0.25) is 0 Å². The Kier molecular flexibility index (Phi) is 5.16. The van der Waals surface area contributed by atoms with Crippen molar-refractivity contribution in [3.05, 3.63) is 42.1 Å². The molecule has 0 aliphatic carbocycles. The van der Waals surface area contributed by atoms with E-state index in [9.17, 15) is 0 Å². The summed E-state index contributed by atoms with van der Waals surface area (Å²) in [5.74, 6) is 0. The molecule has 1 saturated heterocycles. The van der Waals surface area contributed by atoms with Crippen molar-refractivity contribution in [1.82, 2.24) is 15.2 Å². The van der Waals surface area contributed by atoms with Crippen molar-refractivity contribution < 1.29 is 4.74 Å². The lowest BCUT2D eigenvalue weighted by Gasteiger charge is -2.26. The van der Waals surface area contributed by atoms with Gasteiger partial charge in [0.15, 0.2) is 0 Å². The van der Waals surface area contributed by atoms with E-state index in [1.807, 2.05) is 12.3 Å². The first-order chi connectivity index (χ1) is 10.4. The van der Waals surface area contributed by atoms with Crippen molar-refractivity contribution in [1.29, 1.82) is 0 Å². The van der Waals surface area contributed by atoms with E-state index in [4.69, 9.17) is 4.74 Å². The Bertz CT molecular complexity index is 561. The van der Waals surface area contributed by atoms with Gasteiger partial charge in [-0.25, -0.2) is 0 Å². The number of hydrogen-bond donors (Lipinski definition) is 1. The van der Waals surface area contributed by atoms with E-state index < -0.39 is 0 Å². The zero-order valence-corrected chi connectivity index (χ0v) is 12.4. The summed E-state index contributed by atoms with van der Waals surface area (Å²) in [6.45, 7) is 7.05. The molecule has 21 heavy (non-hydrogen) atoms. The van der Waals surface area contributed by atoms with Crippen LogP contribution in [0.3, 0.4) is 0 Å². The number of pyridine rings is 1. The molecule has 1 aliphatic rings. The highest BCUT2D eigenvalue weighted by molar-refractivity contribution is 5.81. The van der Waals surface area contributed by atoms with E-state index in [0.717, 1.165) is 51.5 Å². The summed E-state index contributed by atoms with van der Waals surface area (Å²) in [6, 6.07) is 10.4. The van der Waals surface area contributed by atoms with Gasteiger partial charge >= 0.3 is 0 Å². The first kappa shape index (κ1) is 14.4. The smallest absolute Gasteiger partial charge is 0.0705 e. The van der Waals surface area contributed by atoms with Crippen molar-refractivity contribution in [2.24, 2.45) is 0 Å². The lowest BCUT2D eigenvalue weighted by molar-refractivity contribution is 0.0374. The van der Waals surface area contributed by atoms with E-state index in [2.05, 4.69) is 39.5 Å². The molecule has 2 aromatic rings. The molecule has 4 nitrogen and oxygen atoms in total. The van der Waals surface area contributed by atoms with Gasteiger partial charge in [-0.3, -0.25) is 9.88 Å². The highest BCUT2D eigenvalue weighted by Gasteiger charge is 2.09. The zero-order valence-electron chi connectivity index (χ0n) is 12.4. The molecule has 0 radical (unpaired) electrons. The minimum Gasteiger partial charge on any atom is -0.379 e. The first-order valence-electron chi connectivity index (χ1n) is 7.77. The van der Waals surface area contributed by atoms with Gasteiger partial charge < -0.3 is 10.1 Å². The average Bonchev–Trinajstić information content (AvgIpc) is 2.56. The number of morpholine rings is 1. The van der Waals surface area contributed by atoms with Gasteiger partial charge in [0, 0.05) is 31.2 Å². The largest absolute Gasteiger partial charge is 0.379 e. The van der Waals surface area contributed by atoms with Crippen LogP contribution in [0.5, 0.6) is 0 Å². The van der Waals surface area contributed by atoms with E-state index >= 15 is 0 Å². The molecule has 112 valence electrons. The molecule has 0 spiro atoms. The van der Waals surface area contributed by atoms with Gasteiger partial charge in [-0.05, 0) is 37.2 Å². The molecule has 0 atom stereocenters. The Morgan fingerprint density at radius 2 is 2.00 bits per heavy atom. The van der Waals surface area contributed by atoms with Crippen molar-refractivity contribution >= 4 is 10.9 Å². The number of para-hydroxylation sites is 1. The number of hydrogen-bond acceptors (Lipinski definition) is 4. The standard InChI is InChI=1S/C17H23N3O/c1-2-5-17-16(4-1)15(6-8-19-17)14-18-7-3-9-20-10-12-21-13-11-20/h1-2,4-6,8,18H,3,7,9-14H2. The Balaban J connectivity index is 1.44. The summed E-state index contributed by atoms with van der Waals surface area (Å²) in [7, 11) is 0. The number of rotatable bonds is 6. The normalized spacial score (nSPS) is 16.4. The lowest BCUT2D eigenvalue weighted by atomic mass is 10.1. The van der Waals surface area contributed by atoms with Gasteiger partial charge in [0.05, 0.1) is 18.7 Å². The van der Waals surface area contributed by atoms with Crippen molar-refractivity contribution in [3.8, 4) is 0 Å². The summed E-state index contributed by atoms with van der Waals surface area (Å²) < 4.78 is 5.36. The Hall–Kier alpha value is -1.49. The maximum atomic E-state index is 5.36. The molecule has 0 saturated carbocycles. The number of benzene rings is 1. The van der Waals surface area contributed by atoms with Crippen molar-refractivity contribution in [2.45, 2.75) is 13.0 Å². The van der Waals surface area contributed by atoms with Gasteiger partial charge in [0.2, 0.25) is 0 Å². The van der Waals surface area contributed by atoms with Crippen LogP contribution in [-0.4, -0.2) is 49.3 Å². The van der Waals surface area contributed by atoms with E-state index in [1.165, 1.54) is 17.4 Å². The molecule has 2 heterocycles. The van der Waals surface area contributed by atoms with Crippen LogP contribution in [0.4, 0.5) is 0 Å². The maximum absolute atomic E-state index is 5.36. The molecule has 0 amide bonds. The maximum Gasteiger partial charge on any atom is 0.0705 e. The zero-order chi connectivity index (χ0) is 14.3. The van der Waals surface area contributed by atoms with Crippen molar-refractivity contribution in [3.63, 3.8) is 0 Å². The molecule has 0 unspecified atom stereocenters. The Morgan fingerprint density at radius 3 is 2.90 bits per heavy atom. The second-order valence-corrected chi connectivity index (χ2v) is 5.47. The van der Waals surface area contributed by atoms with Crippen LogP contribution in [0, 0.1) is 0 Å². The van der Waals surface area contributed by atoms with Gasteiger partial charge in [0.1, 0.15) is 0 Å². The molecule has 3 rings (SSSR count). The quantitative estimate of drug-likeness (QED) is 0.824. The first-order valence-corrected chi connectivity index (χ1v) is 7.77. The minimum atomic E-state index is 0.885. The predicted octanol–water partition coefficient (Wildman–Crippen LogP) is 2.05. The molecule has 1 aliphatic heterocycles. The van der Waals surface area contributed by atoms with Gasteiger partial charge in [-0.15, -0.1) is 0 Å². The van der Waals surface area contributed by atoms with Crippen molar-refractivity contribution in [2.75, 3.05) is 39.4 Å². The molecule has 1 aromatic heterocycles. The molecule has 1 fully saturated rings. The van der Waals surface area contributed by atoms with E-state index in [1.54, 1.807) is 0 Å². The molecule has 1 N–H and O–H groups in total. The fourth-order valence-electron chi connectivity index (χ4n) is 2.78. The highest BCUT2D eigenvalue weighted by Crippen LogP contribution is 2.15. The van der Waals surface area contributed by atoms with Crippen LogP contribution in [-0.2, 0) is 11.3 Å². The average molecular weight is 285 g/mol. The summed E-state index contributed by atoms with van der Waals surface area (Å²) in [5.41, 5.74) is 2.40. The number of fused-ring (bicyclic) bond motifs is 1. The second-order valence-electron chi connectivity index (χ2n) is 5.47. The molecular weight excluding hydrogens is 262 g/mol. The summed E-state index contributed by atoms with van der Waals surface area (Å²) in [4.78, 5) is 6.88. The summed E-state index contributed by atoms with van der Waals surface area (Å²) in [5, 5.41) is 4.80. The molecule has 0 bridgehead atoms. The Morgan fingerprint density at radius 1 is 1.14 bits per heavy atom. The topological polar surface area (TPSA) is 37.4 Å². The van der Waals surface area contributed by atoms with Crippen LogP contribution in [0.25, 0.3) is 10.9 Å². The second kappa shape index (κ2) is 7.50. The molecular formula is C17H23N3O. The van der Waals surface area contributed by atoms with E-state index in [0.29, 0.717) is 0 Å². The third-order valence-corrected chi connectivity index (χ3v) is 3.99. The molecule has 1 aromatic carbocycles. The Labute approximate surface area is 126 Å². The third kappa shape index (κ3) is 4.00. The van der Waals surface area contributed by atoms with Crippen LogP contribution < -0.4 is 5.32 Å². The van der Waals surface area contributed by atoms with Crippen LogP contribution in [0.15, 0.2) is 36.5 Å². The van der Waals surface area contributed by atoms with E-state index in [-0.39, 0.29) is 0 Å². The SMILES string of the molecule is c1ccc2c(CNCCCN3CCOCC3)ccnc2c1. The fraction of sp³-hybridized carbons (Fsp3) is 0.471. The number of nitrogens with one attached hydrogen (secondary N) is 1. The van der Waals surface area contributed by atoms with Crippen LogP contribution >= 0.6 is 0 Å². The highest BCUT2D eigenvalue weighted by atomic mass is 16.5. The third-order valence-electron chi connectivity index (χ3n) is 3.99. The fourth-order valence-corrected chi connectivity index (χ4v) is 2.78. The van der Waals surface area contributed by atoms with Gasteiger partial charge in [-0.2, -0.15) is 0 Å². The number of aromatic nitrogens is 1. The monoisotopic (exact) mass is 285 g/mol.